The summed E-state index contributed by atoms with van der Waals surface area (Å²) in [7, 11) is 0. The molecule has 0 fully saturated rings. The van der Waals surface area contributed by atoms with Crippen molar-refractivity contribution < 1.29 is 14.5 Å². The molecule has 2 aromatic carbocycles. The van der Waals surface area contributed by atoms with Crippen LogP contribution in [0.4, 0.5) is 5.00 Å². The summed E-state index contributed by atoms with van der Waals surface area (Å²) in [6, 6.07) is 19.5. The van der Waals surface area contributed by atoms with E-state index in [-0.39, 0.29) is 5.00 Å². The molecule has 0 aliphatic rings. The van der Waals surface area contributed by atoms with Crippen LogP contribution in [0.15, 0.2) is 71.8 Å². The van der Waals surface area contributed by atoms with Crippen LogP contribution >= 0.6 is 11.3 Å². The van der Waals surface area contributed by atoms with Gasteiger partial charge in [0.05, 0.1) is 21.6 Å². The van der Waals surface area contributed by atoms with Crippen LogP contribution in [-0.4, -0.2) is 17.0 Å². The molecule has 0 bridgehead atoms. The second-order valence-electron chi connectivity index (χ2n) is 5.40. The van der Waals surface area contributed by atoms with Crippen molar-refractivity contribution in [1.82, 2.24) is 5.43 Å². The lowest BCUT2D eigenvalue weighted by Crippen LogP contribution is -2.18. The van der Waals surface area contributed by atoms with Crippen molar-refractivity contribution in [3.63, 3.8) is 0 Å². The van der Waals surface area contributed by atoms with E-state index < -0.39 is 10.8 Å². The van der Waals surface area contributed by atoms with E-state index in [4.69, 9.17) is 4.74 Å². The highest BCUT2D eigenvalue weighted by molar-refractivity contribution is 7.16. The Hall–Kier alpha value is -3.52. The van der Waals surface area contributed by atoms with Gasteiger partial charge in [-0.15, -0.1) is 0 Å². The summed E-state index contributed by atoms with van der Waals surface area (Å²) in [6.45, 7) is 0.341. The first kappa shape index (κ1) is 18.3. The Bertz CT molecular complexity index is 970. The van der Waals surface area contributed by atoms with Crippen LogP contribution in [-0.2, 0) is 6.61 Å². The van der Waals surface area contributed by atoms with Gasteiger partial charge >= 0.3 is 5.00 Å². The second-order valence-corrected chi connectivity index (χ2v) is 6.50. The van der Waals surface area contributed by atoms with E-state index in [9.17, 15) is 14.9 Å². The van der Waals surface area contributed by atoms with Gasteiger partial charge in [-0.1, -0.05) is 53.8 Å². The third-order valence-electron chi connectivity index (χ3n) is 3.52. The van der Waals surface area contributed by atoms with Crippen molar-refractivity contribution in [1.29, 1.82) is 0 Å². The minimum absolute atomic E-state index is 0.0161. The molecule has 8 heteroatoms. The lowest BCUT2D eigenvalue weighted by Gasteiger charge is -2.10. The number of carbonyl (C=O) groups excluding carboxylic acids is 1. The molecule has 7 nitrogen and oxygen atoms in total. The van der Waals surface area contributed by atoms with Crippen molar-refractivity contribution in [3.8, 4) is 5.75 Å². The maximum absolute atomic E-state index is 12.4. The Morgan fingerprint density at radius 3 is 2.59 bits per heavy atom. The molecule has 0 unspecified atom stereocenters. The third-order valence-corrected chi connectivity index (χ3v) is 4.49. The van der Waals surface area contributed by atoms with Gasteiger partial charge in [-0.2, -0.15) is 5.10 Å². The summed E-state index contributed by atoms with van der Waals surface area (Å²) in [5.41, 5.74) is 3.75. The quantitative estimate of drug-likeness (QED) is 0.380. The molecule has 3 aromatic rings. The molecule has 0 spiro atoms. The Morgan fingerprint density at radius 2 is 1.85 bits per heavy atom. The maximum Gasteiger partial charge on any atom is 0.324 e. The molecule has 1 N–H and O–H groups in total. The van der Waals surface area contributed by atoms with Crippen LogP contribution in [0.2, 0.25) is 0 Å². The molecular formula is C19H15N3O4S. The summed E-state index contributed by atoms with van der Waals surface area (Å²) >= 11 is 0.973. The first-order valence-electron chi connectivity index (χ1n) is 7.97. The Balaban J connectivity index is 1.64. The van der Waals surface area contributed by atoms with Crippen molar-refractivity contribution in [2.45, 2.75) is 6.61 Å². The number of carbonyl (C=O) groups is 1. The predicted molar refractivity (Wildman–Crippen MR) is 103 cm³/mol. The molecule has 0 saturated heterocycles. The molecule has 0 aliphatic heterocycles. The van der Waals surface area contributed by atoms with E-state index in [2.05, 4.69) is 10.5 Å². The number of ether oxygens (including phenoxy) is 1. The number of nitro groups is 1. The van der Waals surface area contributed by atoms with E-state index >= 15 is 0 Å². The first-order valence-corrected chi connectivity index (χ1v) is 8.78. The summed E-state index contributed by atoms with van der Waals surface area (Å²) < 4.78 is 5.75. The van der Waals surface area contributed by atoms with Crippen LogP contribution < -0.4 is 10.2 Å². The standard InChI is InChI=1S/C19H15N3O4S/c23-19(21-20-12-15-10-11-18(27-15)22(24)25)16-8-4-5-9-17(16)26-13-14-6-2-1-3-7-14/h1-12H,13H2,(H,21,23). The van der Waals surface area contributed by atoms with Crippen LogP contribution in [0.1, 0.15) is 20.8 Å². The molecule has 3 rings (SSSR count). The zero-order valence-electron chi connectivity index (χ0n) is 14.1. The molecule has 0 aliphatic carbocycles. The number of thiophene rings is 1. The van der Waals surface area contributed by atoms with Gasteiger partial charge in [-0.3, -0.25) is 14.9 Å². The summed E-state index contributed by atoms with van der Waals surface area (Å²) in [5, 5.41) is 14.5. The fourth-order valence-electron chi connectivity index (χ4n) is 2.24. The van der Waals surface area contributed by atoms with E-state index in [1.54, 1.807) is 30.3 Å². The highest BCUT2D eigenvalue weighted by Crippen LogP contribution is 2.22. The van der Waals surface area contributed by atoms with Crippen LogP contribution in [0.25, 0.3) is 0 Å². The SMILES string of the molecule is O=C(NN=Cc1ccc([N+](=O)[O-])s1)c1ccccc1OCc1ccccc1. The van der Waals surface area contributed by atoms with E-state index in [1.165, 1.54) is 12.3 Å². The molecule has 0 radical (unpaired) electrons. The average Bonchev–Trinajstić information content (AvgIpc) is 3.17. The number of amides is 1. The van der Waals surface area contributed by atoms with Crippen LogP contribution in [0.5, 0.6) is 5.75 Å². The molecule has 136 valence electrons. The largest absolute Gasteiger partial charge is 0.488 e. The molecule has 1 amide bonds. The smallest absolute Gasteiger partial charge is 0.324 e. The molecule has 1 heterocycles. The Labute approximate surface area is 159 Å². The lowest BCUT2D eigenvalue weighted by atomic mass is 10.2. The number of benzene rings is 2. The van der Waals surface area contributed by atoms with Gasteiger partial charge in [0.2, 0.25) is 0 Å². The molecule has 0 saturated carbocycles. The molecular weight excluding hydrogens is 366 g/mol. The van der Waals surface area contributed by atoms with Crippen LogP contribution in [0, 0.1) is 10.1 Å². The highest BCUT2D eigenvalue weighted by atomic mass is 32.1. The molecule has 1 aromatic heterocycles. The molecule has 0 atom stereocenters. The zero-order chi connectivity index (χ0) is 19.1. The van der Waals surface area contributed by atoms with Crippen LogP contribution in [0.3, 0.4) is 0 Å². The summed E-state index contributed by atoms with van der Waals surface area (Å²) in [6.07, 6.45) is 1.36. The minimum atomic E-state index is -0.471. The van der Waals surface area contributed by atoms with Gasteiger partial charge in [0.15, 0.2) is 0 Å². The van der Waals surface area contributed by atoms with E-state index in [0.717, 1.165) is 16.9 Å². The third kappa shape index (κ3) is 4.99. The second kappa shape index (κ2) is 8.72. The van der Waals surface area contributed by atoms with Gasteiger partial charge in [0.1, 0.15) is 12.4 Å². The van der Waals surface area contributed by atoms with Gasteiger partial charge < -0.3 is 4.74 Å². The van der Waals surface area contributed by atoms with E-state index in [0.29, 0.717) is 22.8 Å². The normalized spacial score (nSPS) is 10.7. The van der Waals surface area contributed by atoms with Gasteiger partial charge in [0, 0.05) is 6.07 Å². The minimum Gasteiger partial charge on any atom is -0.488 e. The fraction of sp³-hybridized carbons (Fsp3) is 0.0526. The number of hydrogen-bond donors (Lipinski definition) is 1. The zero-order valence-corrected chi connectivity index (χ0v) is 14.9. The van der Waals surface area contributed by atoms with Gasteiger partial charge in [-0.25, -0.2) is 5.43 Å². The van der Waals surface area contributed by atoms with Crippen molar-refractivity contribution >= 4 is 28.5 Å². The van der Waals surface area contributed by atoms with Crippen molar-refractivity contribution in [3.05, 3.63) is 92.8 Å². The predicted octanol–water partition coefficient (Wildman–Crippen LogP) is 4.00. The lowest BCUT2D eigenvalue weighted by molar-refractivity contribution is -0.380. The van der Waals surface area contributed by atoms with Crippen molar-refractivity contribution in [2.24, 2.45) is 5.10 Å². The number of hydrazone groups is 1. The number of nitrogens with one attached hydrogen (secondary N) is 1. The van der Waals surface area contributed by atoms with E-state index in [1.807, 2.05) is 30.3 Å². The van der Waals surface area contributed by atoms with Gasteiger partial charge in [-0.05, 0) is 23.8 Å². The monoisotopic (exact) mass is 381 g/mol. The topological polar surface area (TPSA) is 93.8 Å². The number of nitrogens with zero attached hydrogens (tertiary/aromatic N) is 2. The summed E-state index contributed by atoms with van der Waals surface area (Å²) in [5.74, 6) is 0.0155. The fourth-order valence-corrected chi connectivity index (χ4v) is 2.93. The number of rotatable bonds is 7. The maximum atomic E-state index is 12.4. The molecule has 27 heavy (non-hydrogen) atoms. The highest BCUT2D eigenvalue weighted by Gasteiger charge is 2.12. The Morgan fingerprint density at radius 1 is 1.11 bits per heavy atom. The first-order chi connectivity index (χ1) is 13.1. The van der Waals surface area contributed by atoms with Crippen molar-refractivity contribution in [2.75, 3.05) is 0 Å². The van der Waals surface area contributed by atoms with Gasteiger partial charge in [0.25, 0.3) is 5.91 Å². The Kier molecular flexibility index (Phi) is 5.91. The number of hydrogen-bond acceptors (Lipinski definition) is 6. The average molecular weight is 381 g/mol. The summed E-state index contributed by atoms with van der Waals surface area (Å²) in [4.78, 5) is 23.1. The number of para-hydroxylation sites is 1.